The van der Waals surface area contributed by atoms with E-state index in [2.05, 4.69) is 10.2 Å². The summed E-state index contributed by atoms with van der Waals surface area (Å²) in [4.78, 5) is 17.8. The molecule has 0 aromatic heterocycles. The second kappa shape index (κ2) is 13.4. The van der Waals surface area contributed by atoms with Gasteiger partial charge < -0.3 is 14.6 Å². The van der Waals surface area contributed by atoms with Gasteiger partial charge in [-0.25, -0.2) is 0 Å². The first-order chi connectivity index (χ1) is 18.6. The van der Waals surface area contributed by atoms with Crippen LogP contribution in [0.5, 0.6) is 0 Å². The van der Waals surface area contributed by atoms with Crippen molar-refractivity contribution in [2.45, 2.75) is 50.0 Å². The largest absolute Gasteiger partial charge is 0.611 e. The van der Waals surface area contributed by atoms with Crippen molar-refractivity contribution in [1.82, 2.24) is 15.1 Å². The van der Waals surface area contributed by atoms with Gasteiger partial charge in [0.25, 0.3) is 5.91 Å². The molecule has 1 N–H and O–H groups in total. The summed E-state index contributed by atoms with van der Waals surface area (Å²) in [6, 6.07) is 7.41. The van der Waals surface area contributed by atoms with Gasteiger partial charge in [0.15, 0.2) is 4.90 Å². The number of piperazine rings is 1. The SMILES string of the molecule is CC[S+]([O-])c1ccc(Cl)cc1CNC(=O)c1cc(Cl)c(CN2CCN(C3CCOCC3)CC2)c(C(F)(F)F)c1. The van der Waals surface area contributed by atoms with Crippen molar-refractivity contribution in [3.8, 4) is 0 Å². The van der Waals surface area contributed by atoms with Crippen molar-refractivity contribution in [1.29, 1.82) is 0 Å². The van der Waals surface area contributed by atoms with Gasteiger partial charge in [-0.3, -0.25) is 14.6 Å². The minimum atomic E-state index is -4.68. The molecule has 6 nitrogen and oxygen atoms in total. The van der Waals surface area contributed by atoms with E-state index >= 15 is 0 Å². The smallest absolute Gasteiger partial charge is 0.416 e. The van der Waals surface area contributed by atoms with E-state index in [1.807, 2.05) is 4.90 Å². The van der Waals surface area contributed by atoms with Crippen LogP contribution in [0.15, 0.2) is 35.2 Å². The lowest BCUT2D eigenvalue weighted by Crippen LogP contribution is -2.51. The molecule has 0 saturated carbocycles. The van der Waals surface area contributed by atoms with Crippen LogP contribution in [0.25, 0.3) is 0 Å². The van der Waals surface area contributed by atoms with Gasteiger partial charge in [0, 0.05) is 79.7 Å². The molecular weight excluding hydrogens is 574 g/mol. The first-order valence-electron chi connectivity index (χ1n) is 13.0. The average molecular weight is 607 g/mol. The Morgan fingerprint density at radius 3 is 2.46 bits per heavy atom. The molecule has 2 aliphatic rings. The number of halogens is 5. The second-order valence-electron chi connectivity index (χ2n) is 9.71. The highest BCUT2D eigenvalue weighted by Crippen LogP contribution is 2.37. The molecule has 1 amide bonds. The quantitative estimate of drug-likeness (QED) is 0.410. The Morgan fingerprint density at radius 1 is 1.13 bits per heavy atom. The number of amides is 1. The molecule has 2 aromatic carbocycles. The normalized spacial score (nSPS) is 18.7. The van der Waals surface area contributed by atoms with Gasteiger partial charge in [0.2, 0.25) is 0 Å². The molecule has 1 unspecified atom stereocenters. The van der Waals surface area contributed by atoms with E-state index in [0.717, 1.165) is 45.2 Å². The van der Waals surface area contributed by atoms with Crippen LogP contribution in [0, 0.1) is 0 Å². The zero-order chi connectivity index (χ0) is 28.2. The third-order valence-electron chi connectivity index (χ3n) is 7.23. The molecule has 0 radical (unpaired) electrons. The van der Waals surface area contributed by atoms with E-state index in [9.17, 15) is 22.5 Å². The van der Waals surface area contributed by atoms with Gasteiger partial charge in [0.05, 0.1) is 5.56 Å². The average Bonchev–Trinajstić information content (AvgIpc) is 2.92. The molecule has 12 heteroatoms. The zero-order valence-corrected chi connectivity index (χ0v) is 24.0. The highest BCUT2D eigenvalue weighted by atomic mass is 35.5. The number of hydrogen-bond acceptors (Lipinski definition) is 5. The van der Waals surface area contributed by atoms with E-state index in [1.54, 1.807) is 25.1 Å². The second-order valence-corrected chi connectivity index (χ2v) is 12.3. The number of nitrogens with one attached hydrogen (secondary N) is 1. The van der Waals surface area contributed by atoms with Crippen molar-refractivity contribution >= 4 is 40.3 Å². The number of rotatable bonds is 8. The molecule has 214 valence electrons. The van der Waals surface area contributed by atoms with E-state index in [-0.39, 0.29) is 29.2 Å². The minimum Gasteiger partial charge on any atom is -0.611 e. The summed E-state index contributed by atoms with van der Waals surface area (Å²) >= 11 is 11.2. The van der Waals surface area contributed by atoms with Crippen LogP contribution in [-0.4, -0.2) is 71.4 Å². The molecule has 2 saturated heterocycles. The van der Waals surface area contributed by atoms with Crippen LogP contribution in [0.4, 0.5) is 13.2 Å². The molecule has 0 bridgehead atoms. The van der Waals surface area contributed by atoms with Gasteiger partial charge in [-0.2, -0.15) is 13.2 Å². The molecule has 2 aromatic rings. The zero-order valence-electron chi connectivity index (χ0n) is 21.7. The molecule has 0 aliphatic carbocycles. The number of ether oxygens (including phenoxy) is 1. The van der Waals surface area contributed by atoms with Gasteiger partial charge >= 0.3 is 6.18 Å². The number of nitrogens with zero attached hydrogens (tertiary/aromatic N) is 2. The Labute approximate surface area is 239 Å². The highest BCUT2D eigenvalue weighted by molar-refractivity contribution is 7.91. The van der Waals surface area contributed by atoms with E-state index in [1.165, 1.54) is 6.07 Å². The summed E-state index contributed by atoms with van der Waals surface area (Å²) in [5.41, 5.74) is -0.603. The summed E-state index contributed by atoms with van der Waals surface area (Å²) < 4.78 is 60.2. The maximum absolute atomic E-state index is 14.1. The molecule has 4 rings (SSSR count). The summed E-state index contributed by atoms with van der Waals surface area (Å²) in [5, 5.41) is 2.92. The fourth-order valence-electron chi connectivity index (χ4n) is 5.08. The molecule has 39 heavy (non-hydrogen) atoms. The topological polar surface area (TPSA) is 67.9 Å². The number of carbonyl (C=O) groups excluding carboxylic acids is 1. The van der Waals surface area contributed by atoms with Crippen LogP contribution in [0.1, 0.15) is 46.8 Å². The van der Waals surface area contributed by atoms with Gasteiger partial charge in [-0.15, -0.1) is 0 Å². The third kappa shape index (κ3) is 7.81. The van der Waals surface area contributed by atoms with Gasteiger partial charge in [-0.05, 0) is 66.8 Å². The van der Waals surface area contributed by atoms with E-state index in [0.29, 0.717) is 40.4 Å². The first-order valence-corrected chi connectivity index (χ1v) is 15.0. The lowest BCUT2D eigenvalue weighted by atomic mass is 10.0. The summed E-state index contributed by atoms with van der Waals surface area (Å²) in [6.07, 6.45) is -2.73. The number of carbonyl (C=O) groups is 1. The Balaban J connectivity index is 1.47. The minimum absolute atomic E-state index is 0.0318. The van der Waals surface area contributed by atoms with Crippen LogP contribution >= 0.6 is 23.2 Å². The van der Waals surface area contributed by atoms with Gasteiger partial charge in [-0.1, -0.05) is 23.2 Å². The summed E-state index contributed by atoms with van der Waals surface area (Å²) in [7, 11) is 0. The number of benzene rings is 2. The Morgan fingerprint density at radius 2 is 1.82 bits per heavy atom. The summed E-state index contributed by atoms with van der Waals surface area (Å²) in [6.45, 7) is 6.08. The molecule has 2 heterocycles. The fourth-order valence-corrected chi connectivity index (χ4v) is 6.51. The van der Waals surface area contributed by atoms with E-state index in [4.69, 9.17) is 27.9 Å². The van der Waals surface area contributed by atoms with Crippen LogP contribution in [0.3, 0.4) is 0 Å². The van der Waals surface area contributed by atoms with Gasteiger partial charge in [0.1, 0.15) is 5.75 Å². The monoisotopic (exact) mass is 605 g/mol. The Bertz CT molecular complexity index is 1160. The Kier molecular flexibility index (Phi) is 10.5. The lowest BCUT2D eigenvalue weighted by molar-refractivity contribution is -0.138. The maximum Gasteiger partial charge on any atom is 0.416 e. The van der Waals surface area contributed by atoms with Crippen molar-refractivity contribution in [3.63, 3.8) is 0 Å². The third-order valence-corrected chi connectivity index (χ3v) is 9.21. The van der Waals surface area contributed by atoms with Crippen molar-refractivity contribution in [3.05, 3.63) is 62.6 Å². The van der Waals surface area contributed by atoms with Crippen molar-refractivity contribution in [2.75, 3.05) is 45.1 Å². The van der Waals surface area contributed by atoms with Crippen molar-refractivity contribution < 1.29 is 27.3 Å². The first kappa shape index (κ1) is 30.4. The molecule has 0 spiro atoms. The standard InChI is InChI=1S/C27H32Cl2F3N3O3S/c1-2-39(37)25-4-3-20(28)13-19(25)16-33-26(36)18-14-23(27(30,31)32)22(24(29)15-18)17-34-7-9-35(10-8-34)21-5-11-38-12-6-21/h3-4,13-15,21H,2,5-12,16-17H2,1H3,(H,33,36). The van der Waals surface area contributed by atoms with E-state index < -0.39 is 28.8 Å². The number of alkyl halides is 3. The highest BCUT2D eigenvalue weighted by Gasteiger charge is 2.36. The number of hydrogen-bond donors (Lipinski definition) is 1. The van der Waals surface area contributed by atoms with Crippen molar-refractivity contribution in [2.24, 2.45) is 0 Å². The Hall–Kier alpha value is -1.53. The predicted molar refractivity (Wildman–Crippen MR) is 147 cm³/mol. The van der Waals surface area contributed by atoms with Crippen LogP contribution < -0.4 is 5.32 Å². The molecule has 1 atom stereocenters. The summed E-state index contributed by atoms with van der Waals surface area (Å²) in [5.74, 6) is -0.341. The lowest BCUT2D eigenvalue weighted by Gasteiger charge is -2.40. The molecular formula is C27H32Cl2F3N3O3S. The van der Waals surface area contributed by atoms with Crippen LogP contribution in [-0.2, 0) is 35.2 Å². The predicted octanol–water partition coefficient (Wildman–Crippen LogP) is 5.37. The fraction of sp³-hybridized carbons (Fsp3) is 0.519. The molecule has 2 aliphatic heterocycles. The van der Waals surface area contributed by atoms with Crippen LogP contribution in [0.2, 0.25) is 10.0 Å². The maximum atomic E-state index is 14.1. The molecule has 2 fully saturated rings.